The molecule has 1 aliphatic rings. The molecule has 2 atom stereocenters. The molecule has 0 aromatic heterocycles. The summed E-state index contributed by atoms with van der Waals surface area (Å²) in [7, 11) is 0. The lowest BCUT2D eigenvalue weighted by Crippen LogP contribution is -2.48. The molecule has 0 aromatic rings. The van der Waals surface area contributed by atoms with Crippen LogP contribution in [0.2, 0.25) is 0 Å². The Bertz CT molecular complexity index is 364. The van der Waals surface area contributed by atoms with Gasteiger partial charge >= 0.3 is 11.9 Å². The molecule has 6 nitrogen and oxygen atoms in total. The summed E-state index contributed by atoms with van der Waals surface area (Å²) in [5.74, 6) is -3.17. The fraction of sp³-hybridized carbons (Fsp3) is 0.769. The number of carbonyl (C=O) groups excluding carboxylic acids is 1. The maximum Gasteiger partial charge on any atom is 0.326 e. The molecule has 0 saturated heterocycles. The molecular weight excluding hydrogens is 250 g/mol. The average molecular weight is 271 g/mol. The number of carboxylic acids is 2. The molecule has 2 unspecified atom stereocenters. The molecule has 2 N–H and O–H groups in total. The van der Waals surface area contributed by atoms with Crippen LogP contribution in [0.25, 0.3) is 0 Å². The Balaban J connectivity index is 2.85. The van der Waals surface area contributed by atoms with E-state index in [0.29, 0.717) is 12.8 Å². The first kappa shape index (κ1) is 15.5. The van der Waals surface area contributed by atoms with Crippen LogP contribution in [0.5, 0.6) is 0 Å². The van der Waals surface area contributed by atoms with Crippen LogP contribution in [0.15, 0.2) is 0 Å². The molecule has 0 aliphatic heterocycles. The van der Waals surface area contributed by atoms with Gasteiger partial charge in [0, 0.05) is 12.5 Å². The van der Waals surface area contributed by atoms with Crippen molar-refractivity contribution >= 4 is 17.8 Å². The van der Waals surface area contributed by atoms with Gasteiger partial charge in [0.2, 0.25) is 5.91 Å². The number of carbonyl (C=O) groups is 3. The van der Waals surface area contributed by atoms with Gasteiger partial charge in [-0.1, -0.05) is 20.3 Å². The predicted octanol–water partition coefficient (Wildman–Crippen LogP) is 1.20. The van der Waals surface area contributed by atoms with Crippen molar-refractivity contribution in [2.24, 2.45) is 11.8 Å². The van der Waals surface area contributed by atoms with Crippen LogP contribution < -0.4 is 0 Å². The minimum absolute atomic E-state index is 0.0400. The molecule has 0 spiro atoms. The van der Waals surface area contributed by atoms with Crippen molar-refractivity contribution in [3.8, 4) is 0 Å². The van der Waals surface area contributed by atoms with Gasteiger partial charge in [-0.15, -0.1) is 0 Å². The van der Waals surface area contributed by atoms with Crippen LogP contribution in [0.4, 0.5) is 0 Å². The third kappa shape index (κ3) is 4.22. The monoisotopic (exact) mass is 271 g/mol. The molecule has 0 radical (unpaired) electrons. The number of amides is 1. The third-order valence-corrected chi connectivity index (χ3v) is 3.33. The Morgan fingerprint density at radius 3 is 2.16 bits per heavy atom. The van der Waals surface area contributed by atoms with Gasteiger partial charge in [0.15, 0.2) is 0 Å². The lowest BCUT2D eigenvalue weighted by atomic mass is 10.1. The number of aliphatic carboxylic acids is 2. The summed E-state index contributed by atoms with van der Waals surface area (Å²) in [6.45, 7) is 3.29. The SMILES string of the molecule is CCCC(C(=O)O)N(CC(C)C(=O)O)C(=O)C1CC1. The quantitative estimate of drug-likeness (QED) is 0.691. The van der Waals surface area contributed by atoms with Crippen molar-refractivity contribution in [2.75, 3.05) is 6.54 Å². The number of hydrogen-bond donors (Lipinski definition) is 2. The smallest absolute Gasteiger partial charge is 0.326 e. The minimum atomic E-state index is -1.06. The summed E-state index contributed by atoms with van der Waals surface area (Å²) >= 11 is 0. The second-order valence-corrected chi connectivity index (χ2v) is 5.15. The van der Waals surface area contributed by atoms with Gasteiger partial charge in [-0.05, 0) is 19.3 Å². The average Bonchev–Trinajstić information content (AvgIpc) is 3.16. The standard InChI is InChI=1S/C13H21NO5/c1-3-4-10(13(18)19)14(7-8(2)12(16)17)11(15)9-5-6-9/h8-10H,3-7H2,1-2H3,(H,16,17)(H,18,19). The highest BCUT2D eigenvalue weighted by molar-refractivity contribution is 5.87. The number of hydrogen-bond acceptors (Lipinski definition) is 3. The molecule has 0 heterocycles. The largest absolute Gasteiger partial charge is 0.481 e. The molecule has 1 aliphatic carbocycles. The zero-order chi connectivity index (χ0) is 14.6. The second-order valence-electron chi connectivity index (χ2n) is 5.15. The third-order valence-electron chi connectivity index (χ3n) is 3.33. The van der Waals surface area contributed by atoms with E-state index in [2.05, 4.69) is 0 Å². The van der Waals surface area contributed by atoms with Gasteiger partial charge in [0.25, 0.3) is 0 Å². The lowest BCUT2D eigenvalue weighted by Gasteiger charge is -2.30. The highest BCUT2D eigenvalue weighted by Gasteiger charge is 2.39. The molecule has 19 heavy (non-hydrogen) atoms. The number of rotatable bonds is 8. The molecule has 0 aromatic carbocycles. The van der Waals surface area contributed by atoms with Gasteiger partial charge in [-0.2, -0.15) is 0 Å². The second kappa shape index (κ2) is 6.54. The van der Waals surface area contributed by atoms with E-state index in [4.69, 9.17) is 5.11 Å². The molecule has 108 valence electrons. The molecule has 1 fully saturated rings. The normalized spacial score (nSPS) is 17.6. The van der Waals surface area contributed by atoms with E-state index in [1.54, 1.807) is 0 Å². The van der Waals surface area contributed by atoms with Crippen molar-refractivity contribution in [1.29, 1.82) is 0 Å². The summed E-state index contributed by atoms with van der Waals surface area (Å²) in [5, 5.41) is 18.2. The van der Waals surface area contributed by atoms with Crippen molar-refractivity contribution in [3.63, 3.8) is 0 Å². The first-order valence-corrected chi connectivity index (χ1v) is 6.64. The summed E-state index contributed by atoms with van der Waals surface area (Å²) in [6.07, 6.45) is 2.53. The molecule has 1 amide bonds. The predicted molar refractivity (Wildman–Crippen MR) is 67.6 cm³/mol. The summed E-state index contributed by atoms with van der Waals surface area (Å²) < 4.78 is 0. The first-order chi connectivity index (χ1) is 8.88. The van der Waals surface area contributed by atoms with Crippen LogP contribution in [0.3, 0.4) is 0 Å². The van der Waals surface area contributed by atoms with E-state index in [-0.39, 0.29) is 18.4 Å². The minimum Gasteiger partial charge on any atom is -0.481 e. The Labute approximate surface area is 112 Å². The van der Waals surface area contributed by atoms with E-state index < -0.39 is 23.9 Å². The summed E-state index contributed by atoms with van der Waals surface area (Å²) in [6, 6.07) is -0.917. The zero-order valence-corrected chi connectivity index (χ0v) is 11.3. The van der Waals surface area contributed by atoms with E-state index in [0.717, 1.165) is 12.8 Å². The van der Waals surface area contributed by atoms with Gasteiger partial charge in [0.1, 0.15) is 6.04 Å². The van der Waals surface area contributed by atoms with Crippen LogP contribution in [0.1, 0.15) is 39.5 Å². The Hall–Kier alpha value is -1.59. The zero-order valence-electron chi connectivity index (χ0n) is 11.3. The molecule has 0 bridgehead atoms. The van der Waals surface area contributed by atoms with Crippen molar-refractivity contribution < 1.29 is 24.6 Å². The van der Waals surface area contributed by atoms with Gasteiger partial charge < -0.3 is 15.1 Å². The van der Waals surface area contributed by atoms with E-state index in [1.165, 1.54) is 11.8 Å². The van der Waals surface area contributed by atoms with Gasteiger partial charge in [-0.3, -0.25) is 9.59 Å². The molecule has 1 saturated carbocycles. The van der Waals surface area contributed by atoms with Crippen molar-refractivity contribution in [2.45, 2.75) is 45.6 Å². The fourth-order valence-electron chi connectivity index (χ4n) is 1.99. The Morgan fingerprint density at radius 1 is 1.21 bits per heavy atom. The first-order valence-electron chi connectivity index (χ1n) is 6.64. The highest BCUT2D eigenvalue weighted by Crippen LogP contribution is 2.32. The van der Waals surface area contributed by atoms with E-state index in [9.17, 15) is 19.5 Å². The van der Waals surface area contributed by atoms with Gasteiger partial charge in [0.05, 0.1) is 5.92 Å². The number of carboxylic acid groups (broad SMARTS) is 2. The van der Waals surface area contributed by atoms with Crippen LogP contribution in [-0.2, 0) is 14.4 Å². The fourth-order valence-corrected chi connectivity index (χ4v) is 1.99. The topological polar surface area (TPSA) is 94.9 Å². The lowest BCUT2D eigenvalue weighted by molar-refractivity contribution is -0.154. The Kier molecular flexibility index (Phi) is 5.32. The van der Waals surface area contributed by atoms with Crippen LogP contribution >= 0.6 is 0 Å². The highest BCUT2D eigenvalue weighted by atomic mass is 16.4. The van der Waals surface area contributed by atoms with Crippen molar-refractivity contribution in [3.05, 3.63) is 0 Å². The molecule has 6 heteroatoms. The van der Waals surface area contributed by atoms with Crippen molar-refractivity contribution in [1.82, 2.24) is 4.90 Å². The number of nitrogens with zero attached hydrogens (tertiary/aromatic N) is 1. The molecular formula is C13H21NO5. The maximum absolute atomic E-state index is 12.2. The van der Waals surface area contributed by atoms with Crippen LogP contribution in [0, 0.1) is 11.8 Å². The van der Waals surface area contributed by atoms with E-state index in [1.807, 2.05) is 6.92 Å². The maximum atomic E-state index is 12.2. The Morgan fingerprint density at radius 2 is 1.79 bits per heavy atom. The van der Waals surface area contributed by atoms with Gasteiger partial charge in [-0.25, -0.2) is 4.79 Å². The van der Waals surface area contributed by atoms with Crippen LogP contribution in [-0.4, -0.2) is 45.5 Å². The van der Waals surface area contributed by atoms with E-state index >= 15 is 0 Å². The summed E-state index contributed by atoms with van der Waals surface area (Å²) in [5.41, 5.74) is 0. The summed E-state index contributed by atoms with van der Waals surface area (Å²) in [4.78, 5) is 35.6. The molecule has 1 rings (SSSR count).